The molecule has 3 aromatic rings. The number of aliphatic carboxylic acids is 1. The van der Waals surface area contributed by atoms with Crippen LogP contribution in [0.15, 0.2) is 67.0 Å². The monoisotopic (exact) mass is 405 g/mol. The summed E-state index contributed by atoms with van der Waals surface area (Å²) >= 11 is 0. The van der Waals surface area contributed by atoms with Gasteiger partial charge < -0.3 is 20.6 Å². The summed E-state index contributed by atoms with van der Waals surface area (Å²) in [5.74, 6) is -0.908. The first kappa shape index (κ1) is 20.9. The zero-order valence-electron chi connectivity index (χ0n) is 16.7. The molecule has 30 heavy (non-hydrogen) atoms. The van der Waals surface area contributed by atoms with Crippen LogP contribution in [0, 0.1) is 0 Å². The Balaban J connectivity index is 1.87. The van der Waals surface area contributed by atoms with Gasteiger partial charge in [-0.1, -0.05) is 36.4 Å². The molecule has 8 heteroatoms. The largest absolute Gasteiger partial charge is 0.479 e. The lowest BCUT2D eigenvalue weighted by Crippen LogP contribution is -2.21. The number of likely N-dealkylation sites (N-methyl/N-ethyl adjacent to an activating group) is 1. The van der Waals surface area contributed by atoms with E-state index in [1.165, 1.54) is 12.4 Å². The van der Waals surface area contributed by atoms with E-state index in [9.17, 15) is 14.7 Å². The average Bonchev–Trinajstić information content (AvgIpc) is 2.72. The Morgan fingerprint density at radius 3 is 2.60 bits per heavy atom. The molecule has 1 atom stereocenters. The van der Waals surface area contributed by atoms with E-state index < -0.39 is 12.0 Å². The molecule has 1 aromatic heterocycles. The van der Waals surface area contributed by atoms with Crippen LogP contribution in [0.2, 0.25) is 0 Å². The fraction of sp³-hybridized carbons (Fsp3) is 0.182. The molecular weight excluding hydrogens is 382 g/mol. The van der Waals surface area contributed by atoms with Gasteiger partial charge in [-0.2, -0.15) is 0 Å². The van der Waals surface area contributed by atoms with Crippen LogP contribution in [0.25, 0.3) is 10.9 Å². The predicted molar refractivity (Wildman–Crippen MR) is 116 cm³/mol. The Morgan fingerprint density at radius 2 is 1.90 bits per heavy atom. The molecule has 0 bridgehead atoms. The molecule has 8 nitrogen and oxygen atoms in total. The van der Waals surface area contributed by atoms with Crippen LogP contribution in [0.1, 0.15) is 11.6 Å². The molecule has 0 unspecified atom stereocenters. The summed E-state index contributed by atoms with van der Waals surface area (Å²) in [4.78, 5) is 34.3. The highest BCUT2D eigenvalue weighted by Gasteiger charge is 2.21. The Hall–Kier alpha value is -3.78. The van der Waals surface area contributed by atoms with E-state index in [0.29, 0.717) is 34.5 Å². The number of amides is 1. The van der Waals surface area contributed by atoms with Gasteiger partial charge in [-0.3, -0.25) is 4.79 Å². The molecule has 3 rings (SSSR count). The van der Waals surface area contributed by atoms with E-state index in [1.54, 1.807) is 48.5 Å². The van der Waals surface area contributed by atoms with Crippen molar-refractivity contribution in [3.8, 4) is 0 Å². The number of hydrogen-bond donors (Lipinski definition) is 3. The topological polar surface area (TPSA) is 107 Å². The molecule has 0 aliphatic rings. The van der Waals surface area contributed by atoms with Gasteiger partial charge in [0.25, 0.3) is 0 Å². The fourth-order valence-electron chi connectivity index (χ4n) is 2.87. The van der Waals surface area contributed by atoms with Gasteiger partial charge in [-0.05, 0) is 37.9 Å². The second kappa shape index (κ2) is 9.62. The molecule has 0 radical (unpaired) electrons. The number of nitrogens with one attached hydrogen (secondary N) is 2. The van der Waals surface area contributed by atoms with E-state index in [1.807, 2.05) is 25.1 Å². The lowest BCUT2D eigenvalue weighted by molar-refractivity contribution is -0.138. The summed E-state index contributed by atoms with van der Waals surface area (Å²) < 4.78 is 0. The Kier molecular flexibility index (Phi) is 6.71. The molecule has 0 spiro atoms. The number of carboxylic acid groups (broad SMARTS) is 1. The summed E-state index contributed by atoms with van der Waals surface area (Å²) in [5.41, 5.74) is 1.80. The second-order valence-electron chi connectivity index (χ2n) is 6.93. The van der Waals surface area contributed by atoms with Crippen molar-refractivity contribution in [2.75, 3.05) is 31.3 Å². The number of benzene rings is 2. The highest BCUT2D eigenvalue weighted by atomic mass is 16.4. The van der Waals surface area contributed by atoms with Crippen molar-refractivity contribution in [3.05, 3.63) is 72.6 Å². The second-order valence-corrected chi connectivity index (χ2v) is 6.93. The molecule has 154 valence electrons. The summed E-state index contributed by atoms with van der Waals surface area (Å²) in [6.45, 7) is 0.656. The number of fused-ring (bicyclic) bond motifs is 1. The van der Waals surface area contributed by atoms with Crippen molar-refractivity contribution < 1.29 is 14.7 Å². The zero-order valence-corrected chi connectivity index (χ0v) is 16.7. The first-order chi connectivity index (χ1) is 14.4. The van der Waals surface area contributed by atoms with E-state index >= 15 is 0 Å². The first-order valence-corrected chi connectivity index (χ1v) is 9.35. The highest BCUT2D eigenvalue weighted by molar-refractivity contribution is 6.01. The quantitative estimate of drug-likeness (QED) is 0.495. The summed E-state index contributed by atoms with van der Waals surface area (Å²) in [7, 11) is 3.83. The third-order valence-corrected chi connectivity index (χ3v) is 4.30. The molecule has 0 aliphatic heterocycles. The number of carbonyl (C=O) groups is 2. The van der Waals surface area contributed by atoms with Crippen molar-refractivity contribution in [2.24, 2.45) is 0 Å². The van der Waals surface area contributed by atoms with E-state index in [0.717, 1.165) is 0 Å². The zero-order chi connectivity index (χ0) is 21.5. The molecule has 1 heterocycles. The summed E-state index contributed by atoms with van der Waals surface area (Å²) in [5, 5.41) is 16.1. The van der Waals surface area contributed by atoms with Crippen LogP contribution < -0.4 is 10.6 Å². The standard InChI is InChI=1S/C22H23N5O3/c1-27(2)12-6-9-19(28)25-16-10-11-18-17(13-16)21(24-14-23-18)26-20(22(29)30)15-7-4-3-5-8-15/h3-11,13-14,20H,12H2,1-2H3,(H,25,28)(H,29,30)(H,23,24,26)/t20-/m0/s1. The maximum absolute atomic E-state index is 12.1. The van der Waals surface area contributed by atoms with E-state index in [4.69, 9.17) is 0 Å². The molecule has 3 N–H and O–H groups in total. The Bertz CT molecular complexity index is 1070. The van der Waals surface area contributed by atoms with Gasteiger partial charge in [-0.15, -0.1) is 0 Å². The predicted octanol–water partition coefficient (Wildman–Crippen LogP) is 2.92. The lowest BCUT2D eigenvalue weighted by Gasteiger charge is -2.17. The number of anilines is 2. The Morgan fingerprint density at radius 1 is 1.13 bits per heavy atom. The molecule has 0 fully saturated rings. The number of carbonyl (C=O) groups excluding carboxylic acids is 1. The molecule has 0 aliphatic carbocycles. The maximum Gasteiger partial charge on any atom is 0.330 e. The number of hydrogen-bond acceptors (Lipinski definition) is 6. The van der Waals surface area contributed by atoms with E-state index in [2.05, 4.69) is 20.6 Å². The van der Waals surface area contributed by atoms with Crippen LogP contribution >= 0.6 is 0 Å². The lowest BCUT2D eigenvalue weighted by atomic mass is 10.1. The minimum absolute atomic E-state index is 0.254. The fourth-order valence-corrected chi connectivity index (χ4v) is 2.87. The van der Waals surface area contributed by atoms with Crippen molar-refractivity contribution in [3.63, 3.8) is 0 Å². The number of aromatic nitrogens is 2. The van der Waals surface area contributed by atoms with Crippen molar-refractivity contribution >= 4 is 34.3 Å². The number of rotatable bonds is 8. The molecule has 0 saturated heterocycles. The minimum Gasteiger partial charge on any atom is -0.479 e. The maximum atomic E-state index is 12.1. The minimum atomic E-state index is -1.02. The first-order valence-electron chi connectivity index (χ1n) is 9.35. The third-order valence-electron chi connectivity index (χ3n) is 4.30. The smallest absolute Gasteiger partial charge is 0.330 e. The van der Waals surface area contributed by atoms with Crippen LogP contribution in [0.5, 0.6) is 0 Å². The van der Waals surface area contributed by atoms with Crippen LogP contribution in [0.3, 0.4) is 0 Å². The number of nitrogens with zero attached hydrogens (tertiary/aromatic N) is 3. The van der Waals surface area contributed by atoms with Gasteiger partial charge in [-0.25, -0.2) is 14.8 Å². The van der Waals surface area contributed by atoms with Crippen LogP contribution in [-0.4, -0.2) is 52.5 Å². The molecular formula is C22H23N5O3. The van der Waals surface area contributed by atoms with Crippen LogP contribution in [-0.2, 0) is 9.59 Å². The summed E-state index contributed by atoms with van der Waals surface area (Å²) in [6.07, 6.45) is 4.61. The van der Waals surface area contributed by atoms with Gasteiger partial charge in [0, 0.05) is 23.7 Å². The SMILES string of the molecule is CN(C)CC=CC(=O)Nc1ccc2ncnc(N[C@H](C(=O)O)c3ccccc3)c2c1. The molecule has 0 saturated carbocycles. The van der Waals surface area contributed by atoms with Gasteiger partial charge >= 0.3 is 5.97 Å². The van der Waals surface area contributed by atoms with Gasteiger partial charge in [0.05, 0.1) is 5.52 Å². The van der Waals surface area contributed by atoms with Crippen molar-refractivity contribution in [2.45, 2.75) is 6.04 Å². The van der Waals surface area contributed by atoms with Crippen LogP contribution in [0.4, 0.5) is 11.5 Å². The molecule has 1 amide bonds. The van der Waals surface area contributed by atoms with Gasteiger partial charge in [0.1, 0.15) is 12.1 Å². The molecule has 2 aromatic carbocycles. The number of carboxylic acids is 1. The average molecular weight is 405 g/mol. The van der Waals surface area contributed by atoms with Crippen molar-refractivity contribution in [1.29, 1.82) is 0 Å². The normalized spacial score (nSPS) is 12.2. The summed E-state index contributed by atoms with van der Waals surface area (Å²) in [6, 6.07) is 13.1. The third kappa shape index (κ3) is 5.39. The van der Waals surface area contributed by atoms with E-state index in [-0.39, 0.29) is 5.91 Å². The Labute approximate surface area is 174 Å². The van der Waals surface area contributed by atoms with Gasteiger partial charge in [0.15, 0.2) is 6.04 Å². The van der Waals surface area contributed by atoms with Crippen molar-refractivity contribution in [1.82, 2.24) is 14.9 Å². The highest BCUT2D eigenvalue weighted by Crippen LogP contribution is 2.27. The van der Waals surface area contributed by atoms with Gasteiger partial charge in [0.2, 0.25) is 5.91 Å².